The molecule has 0 amide bonds. The van der Waals surface area contributed by atoms with E-state index in [-0.39, 0.29) is 0 Å². The summed E-state index contributed by atoms with van der Waals surface area (Å²) in [5, 5.41) is 3.59. The fourth-order valence-electron chi connectivity index (χ4n) is 3.38. The molecule has 90 valence electrons. The van der Waals surface area contributed by atoms with E-state index in [2.05, 4.69) is 26.2 Å². The first-order chi connectivity index (χ1) is 7.29. The van der Waals surface area contributed by atoms with Crippen LogP contribution in [0.1, 0.15) is 71.6 Å². The second-order valence-electron chi connectivity index (χ2n) is 5.26. The Kier molecular flexibility index (Phi) is 5.66. The summed E-state index contributed by atoms with van der Waals surface area (Å²) in [6.07, 6.45) is 12.7. The molecule has 0 radical (unpaired) electrons. The summed E-state index contributed by atoms with van der Waals surface area (Å²) in [6, 6.07) is 0.775. The molecule has 15 heavy (non-hydrogen) atoms. The van der Waals surface area contributed by atoms with Crippen LogP contribution >= 0.6 is 0 Å². The number of rotatable bonds is 7. The molecule has 1 saturated carbocycles. The number of nitrogens with one attached hydrogen (secondary N) is 1. The molecule has 0 aliphatic heterocycles. The van der Waals surface area contributed by atoms with Crippen molar-refractivity contribution in [3.05, 3.63) is 0 Å². The molecule has 0 spiro atoms. The third kappa shape index (κ3) is 3.21. The van der Waals surface area contributed by atoms with Crippen LogP contribution in [-0.4, -0.2) is 13.1 Å². The summed E-state index contributed by atoms with van der Waals surface area (Å²) in [4.78, 5) is 0. The third-order valence-corrected chi connectivity index (χ3v) is 4.49. The molecule has 1 atom stereocenters. The van der Waals surface area contributed by atoms with Crippen LogP contribution in [-0.2, 0) is 0 Å². The van der Waals surface area contributed by atoms with E-state index in [0.29, 0.717) is 5.41 Å². The van der Waals surface area contributed by atoms with Crippen molar-refractivity contribution in [2.24, 2.45) is 5.41 Å². The van der Waals surface area contributed by atoms with E-state index >= 15 is 0 Å². The van der Waals surface area contributed by atoms with Gasteiger partial charge in [-0.2, -0.15) is 0 Å². The lowest BCUT2D eigenvalue weighted by Crippen LogP contribution is -2.41. The highest BCUT2D eigenvalue weighted by Crippen LogP contribution is 2.45. The summed E-state index contributed by atoms with van der Waals surface area (Å²) in [7, 11) is 2.16. The zero-order chi connectivity index (χ0) is 11.1. The van der Waals surface area contributed by atoms with Crippen LogP contribution in [0.4, 0.5) is 0 Å². The number of unbranched alkanes of at least 4 members (excludes halogenated alkanes) is 2. The van der Waals surface area contributed by atoms with Crippen molar-refractivity contribution in [2.75, 3.05) is 7.05 Å². The molecule has 0 bridgehead atoms. The van der Waals surface area contributed by atoms with Gasteiger partial charge in [0.1, 0.15) is 0 Å². The topological polar surface area (TPSA) is 12.0 Å². The van der Waals surface area contributed by atoms with Crippen LogP contribution in [0.3, 0.4) is 0 Å². The van der Waals surface area contributed by atoms with Gasteiger partial charge in [-0.3, -0.25) is 0 Å². The van der Waals surface area contributed by atoms with Gasteiger partial charge in [0, 0.05) is 6.04 Å². The summed E-state index contributed by atoms with van der Waals surface area (Å²) in [6.45, 7) is 4.68. The molecule has 1 nitrogen and oxygen atoms in total. The zero-order valence-electron chi connectivity index (χ0n) is 10.9. The van der Waals surface area contributed by atoms with Gasteiger partial charge in [0.25, 0.3) is 0 Å². The van der Waals surface area contributed by atoms with Gasteiger partial charge in [0.05, 0.1) is 0 Å². The highest BCUT2D eigenvalue weighted by molar-refractivity contribution is 4.93. The molecule has 0 aromatic heterocycles. The van der Waals surface area contributed by atoms with Crippen LogP contribution in [0.25, 0.3) is 0 Å². The van der Waals surface area contributed by atoms with Crippen LogP contribution in [0, 0.1) is 5.41 Å². The minimum atomic E-state index is 0.641. The summed E-state index contributed by atoms with van der Waals surface area (Å²) in [5.74, 6) is 0. The lowest BCUT2D eigenvalue weighted by molar-refractivity contribution is 0.181. The van der Waals surface area contributed by atoms with Crippen LogP contribution in [0.5, 0.6) is 0 Å². The van der Waals surface area contributed by atoms with Gasteiger partial charge in [-0.05, 0) is 38.1 Å². The molecule has 0 aromatic carbocycles. The average molecular weight is 211 g/mol. The Morgan fingerprint density at radius 1 is 1.13 bits per heavy atom. The van der Waals surface area contributed by atoms with Crippen molar-refractivity contribution < 1.29 is 0 Å². The summed E-state index contributed by atoms with van der Waals surface area (Å²) < 4.78 is 0. The molecule has 1 aliphatic rings. The van der Waals surface area contributed by atoms with Crippen molar-refractivity contribution >= 4 is 0 Å². The van der Waals surface area contributed by atoms with Crippen LogP contribution in [0.2, 0.25) is 0 Å². The Morgan fingerprint density at radius 2 is 1.80 bits per heavy atom. The Hall–Kier alpha value is -0.0400. The van der Waals surface area contributed by atoms with Gasteiger partial charge in [-0.1, -0.05) is 46.0 Å². The Labute approximate surface area is 96.0 Å². The molecule has 0 heterocycles. The summed E-state index contributed by atoms with van der Waals surface area (Å²) in [5.41, 5.74) is 0.641. The van der Waals surface area contributed by atoms with Crippen molar-refractivity contribution in [3.8, 4) is 0 Å². The van der Waals surface area contributed by atoms with E-state index in [4.69, 9.17) is 0 Å². The monoisotopic (exact) mass is 211 g/mol. The minimum Gasteiger partial charge on any atom is -0.316 e. The second-order valence-corrected chi connectivity index (χ2v) is 5.26. The smallest absolute Gasteiger partial charge is 0.0120 e. The van der Waals surface area contributed by atoms with Crippen molar-refractivity contribution in [1.29, 1.82) is 0 Å². The Morgan fingerprint density at radius 3 is 2.27 bits per heavy atom. The second kappa shape index (κ2) is 6.52. The first-order valence-corrected chi connectivity index (χ1v) is 6.96. The van der Waals surface area contributed by atoms with Crippen molar-refractivity contribution in [2.45, 2.75) is 77.7 Å². The molecular weight excluding hydrogens is 182 g/mol. The van der Waals surface area contributed by atoms with E-state index in [1.807, 2.05) is 0 Å². The van der Waals surface area contributed by atoms with E-state index in [0.717, 1.165) is 6.04 Å². The van der Waals surface area contributed by atoms with Crippen molar-refractivity contribution in [3.63, 3.8) is 0 Å². The molecule has 1 rings (SSSR count). The van der Waals surface area contributed by atoms with Gasteiger partial charge < -0.3 is 5.32 Å². The molecule has 1 unspecified atom stereocenters. The Bertz CT molecular complexity index is 159. The van der Waals surface area contributed by atoms with Crippen LogP contribution < -0.4 is 5.32 Å². The maximum Gasteiger partial charge on any atom is 0.0120 e. The highest BCUT2D eigenvalue weighted by Gasteiger charge is 2.38. The quantitative estimate of drug-likeness (QED) is 0.624. The van der Waals surface area contributed by atoms with Gasteiger partial charge in [-0.25, -0.2) is 0 Å². The standard InChI is InChI=1S/C14H29N/c1-4-6-7-10-13(15-3)14(5-2)11-8-9-12-14/h13,15H,4-12H2,1-3H3. The van der Waals surface area contributed by atoms with Crippen molar-refractivity contribution in [1.82, 2.24) is 5.32 Å². The first-order valence-electron chi connectivity index (χ1n) is 6.96. The van der Waals surface area contributed by atoms with Gasteiger partial charge in [-0.15, -0.1) is 0 Å². The molecule has 0 aromatic rings. The predicted octanol–water partition coefficient (Wildman–Crippen LogP) is 4.13. The SMILES string of the molecule is CCCCCC(NC)C1(CC)CCCC1. The van der Waals surface area contributed by atoms with E-state index in [1.165, 1.54) is 57.8 Å². The number of hydrogen-bond donors (Lipinski definition) is 1. The lowest BCUT2D eigenvalue weighted by atomic mass is 9.74. The molecule has 1 heteroatoms. The fraction of sp³-hybridized carbons (Fsp3) is 1.00. The zero-order valence-corrected chi connectivity index (χ0v) is 10.9. The average Bonchev–Trinajstić information content (AvgIpc) is 2.74. The minimum absolute atomic E-state index is 0.641. The normalized spacial score (nSPS) is 21.8. The van der Waals surface area contributed by atoms with E-state index < -0.39 is 0 Å². The molecule has 0 saturated heterocycles. The molecule has 1 aliphatic carbocycles. The van der Waals surface area contributed by atoms with Gasteiger partial charge in [0.2, 0.25) is 0 Å². The lowest BCUT2D eigenvalue weighted by Gasteiger charge is -2.37. The largest absolute Gasteiger partial charge is 0.316 e. The van der Waals surface area contributed by atoms with Crippen LogP contribution in [0.15, 0.2) is 0 Å². The van der Waals surface area contributed by atoms with E-state index in [1.54, 1.807) is 0 Å². The highest BCUT2D eigenvalue weighted by atomic mass is 14.9. The van der Waals surface area contributed by atoms with Gasteiger partial charge >= 0.3 is 0 Å². The first kappa shape index (κ1) is 13.0. The molecule has 1 fully saturated rings. The van der Waals surface area contributed by atoms with E-state index in [9.17, 15) is 0 Å². The Balaban J connectivity index is 2.46. The third-order valence-electron chi connectivity index (χ3n) is 4.49. The summed E-state index contributed by atoms with van der Waals surface area (Å²) >= 11 is 0. The maximum atomic E-state index is 3.59. The predicted molar refractivity (Wildman–Crippen MR) is 68.2 cm³/mol. The molecule has 1 N–H and O–H groups in total. The fourth-order valence-corrected chi connectivity index (χ4v) is 3.38. The van der Waals surface area contributed by atoms with Gasteiger partial charge in [0.15, 0.2) is 0 Å². The maximum absolute atomic E-state index is 3.59. The number of hydrogen-bond acceptors (Lipinski definition) is 1. The molecular formula is C14H29N.